The van der Waals surface area contributed by atoms with Gasteiger partial charge in [-0.05, 0) is 19.1 Å². The predicted octanol–water partition coefficient (Wildman–Crippen LogP) is 0.743. The summed E-state index contributed by atoms with van der Waals surface area (Å²) in [5, 5.41) is 9.35. The molecule has 88 valence electrons. The molecule has 3 N–H and O–H groups in total. The molecule has 2 rings (SSSR count). The molecule has 0 saturated heterocycles. The summed E-state index contributed by atoms with van der Waals surface area (Å²) < 4.78 is 1.25. The average molecular weight is 233 g/mol. The summed E-state index contributed by atoms with van der Waals surface area (Å²) in [5.74, 6) is 5.85. The van der Waals surface area contributed by atoms with Crippen LogP contribution in [-0.4, -0.2) is 25.8 Å². The fourth-order valence-electron chi connectivity index (χ4n) is 1.43. The molecule has 2 heterocycles. The van der Waals surface area contributed by atoms with Crippen LogP contribution >= 0.6 is 0 Å². The van der Waals surface area contributed by atoms with Crippen molar-refractivity contribution >= 4 is 6.09 Å². The number of carboxylic acid groups (broad SMARTS) is 1. The molecule has 0 spiro atoms. The molecule has 0 aromatic carbocycles. The Bertz CT molecular complexity index is 537. The van der Waals surface area contributed by atoms with Gasteiger partial charge in [-0.2, -0.15) is 0 Å². The van der Waals surface area contributed by atoms with Crippen LogP contribution in [0.3, 0.4) is 0 Å². The van der Waals surface area contributed by atoms with Crippen LogP contribution in [0.4, 0.5) is 4.79 Å². The average Bonchev–Trinajstić information content (AvgIpc) is 2.71. The third kappa shape index (κ3) is 2.08. The molecular weight excluding hydrogens is 222 g/mol. The van der Waals surface area contributed by atoms with Gasteiger partial charge in [-0.25, -0.2) is 20.3 Å². The fraction of sp³-hybridized carbons (Fsp3) is 0.100. The molecule has 0 bridgehead atoms. The van der Waals surface area contributed by atoms with E-state index in [4.69, 9.17) is 10.9 Å². The molecule has 17 heavy (non-hydrogen) atoms. The number of aryl methyl sites for hydroxylation is 1. The third-order valence-corrected chi connectivity index (χ3v) is 2.24. The summed E-state index contributed by atoms with van der Waals surface area (Å²) in [6.07, 6.45) is 3.58. The van der Waals surface area contributed by atoms with Crippen molar-refractivity contribution in [2.24, 2.45) is 5.84 Å². The largest absolute Gasteiger partial charge is 0.463 e. The molecule has 7 nitrogen and oxygen atoms in total. The van der Waals surface area contributed by atoms with Gasteiger partial charge in [0.25, 0.3) is 0 Å². The van der Waals surface area contributed by atoms with Gasteiger partial charge in [0.15, 0.2) is 0 Å². The second kappa shape index (κ2) is 4.22. The normalized spacial score (nSPS) is 10.2. The van der Waals surface area contributed by atoms with E-state index in [9.17, 15) is 4.79 Å². The highest BCUT2D eigenvalue weighted by molar-refractivity contribution is 5.75. The second-order valence-electron chi connectivity index (χ2n) is 3.39. The SMILES string of the molecule is Cc1nc(-c2cccnc2)cn1N(N)C(=O)O. The lowest BCUT2D eigenvalue weighted by molar-refractivity contribution is 0.194. The van der Waals surface area contributed by atoms with Crippen LogP contribution in [0.1, 0.15) is 5.82 Å². The quantitative estimate of drug-likeness (QED) is 0.453. The zero-order valence-corrected chi connectivity index (χ0v) is 9.11. The van der Waals surface area contributed by atoms with Crippen molar-refractivity contribution < 1.29 is 9.90 Å². The molecule has 2 aromatic rings. The molecular formula is C10H11N5O2. The Morgan fingerprint density at radius 2 is 2.35 bits per heavy atom. The van der Waals surface area contributed by atoms with E-state index in [-0.39, 0.29) is 0 Å². The molecule has 0 unspecified atom stereocenters. The first kappa shape index (κ1) is 11.1. The van der Waals surface area contributed by atoms with Crippen LogP contribution in [0.5, 0.6) is 0 Å². The van der Waals surface area contributed by atoms with Crippen LogP contribution in [0.15, 0.2) is 30.7 Å². The van der Waals surface area contributed by atoms with Gasteiger partial charge in [-0.3, -0.25) is 4.98 Å². The monoisotopic (exact) mass is 233 g/mol. The van der Waals surface area contributed by atoms with Crippen molar-refractivity contribution in [3.63, 3.8) is 0 Å². The number of amides is 1. The first-order chi connectivity index (χ1) is 8.09. The van der Waals surface area contributed by atoms with E-state index in [1.807, 2.05) is 6.07 Å². The smallest absolute Gasteiger partial charge is 0.441 e. The third-order valence-electron chi connectivity index (χ3n) is 2.24. The van der Waals surface area contributed by atoms with Crippen molar-refractivity contribution in [2.45, 2.75) is 6.92 Å². The van der Waals surface area contributed by atoms with E-state index >= 15 is 0 Å². The number of carbonyl (C=O) groups is 1. The maximum Gasteiger partial charge on any atom is 0.441 e. The van der Waals surface area contributed by atoms with Crippen LogP contribution in [0.25, 0.3) is 11.3 Å². The Labute approximate surface area is 97.1 Å². The minimum Gasteiger partial charge on any atom is -0.463 e. The Morgan fingerprint density at radius 3 is 2.94 bits per heavy atom. The van der Waals surface area contributed by atoms with E-state index in [1.165, 1.54) is 4.68 Å². The second-order valence-corrected chi connectivity index (χ2v) is 3.39. The van der Waals surface area contributed by atoms with Gasteiger partial charge >= 0.3 is 6.09 Å². The van der Waals surface area contributed by atoms with Crippen molar-refractivity contribution in [2.75, 3.05) is 5.12 Å². The van der Waals surface area contributed by atoms with Gasteiger partial charge in [-0.1, -0.05) is 0 Å². The Hall–Kier alpha value is -2.41. The van der Waals surface area contributed by atoms with E-state index in [2.05, 4.69) is 9.97 Å². The van der Waals surface area contributed by atoms with Gasteiger partial charge in [0.2, 0.25) is 0 Å². The van der Waals surface area contributed by atoms with Gasteiger partial charge in [0, 0.05) is 18.0 Å². The molecule has 0 radical (unpaired) electrons. The number of pyridine rings is 1. The van der Waals surface area contributed by atoms with E-state index in [0.29, 0.717) is 16.6 Å². The van der Waals surface area contributed by atoms with Crippen LogP contribution in [-0.2, 0) is 0 Å². The van der Waals surface area contributed by atoms with Crippen LogP contribution in [0.2, 0.25) is 0 Å². The molecule has 0 aliphatic rings. The molecule has 0 atom stereocenters. The highest BCUT2D eigenvalue weighted by atomic mass is 16.4. The number of hydrogen-bond acceptors (Lipinski definition) is 4. The summed E-state index contributed by atoms with van der Waals surface area (Å²) in [6, 6.07) is 3.61. The van der Waals surface area contributed by atoms with Gasteiger partial charge in [-0.15, -0.1) is 5.12 Å². The summed E-state index contributed by atoms with van der Waals surface area (Å²) in [6.45, 7) is 1.67. The number of rotatable bonds is 2. The Balaban J connectivity index is 2.41. The van der Waals surface area contributed by atoms with Crippen LogP contribution < -0.4 is 11.0 Å². The Kier molecular flexibility index (Phi) is 2.75. The summed E-state index contributed by atoms with van der Waals surface area (Å²) in [4.78, 5) is 18.9. The highest BCUT2D eigenvalue weighted by Crippen LogP contribution is 2.16. The predicted molar refractivity (Wildman–Crippen MR) is 60.6 cm³/mol. The molecule has 0 aliphatic heterocycles. The molecule has 1 amide bonds. The molecule has 7 heteroatoms. The lowest BCUT2D eigenvalue weighted by Crippen LogP contribution is -2.45. The number of hydrazine groups is 1. The summed E-state index contributed by atoms with van der Waals surface area (Å²) >= 11 is 0. The van der Waals surface area contributed by atoms with E-state index in [1.54, 1.807) is 31.6 Å². The maximum absolute atomic E-state index is 10.7. The first-order valence-corrected chi connectivity index (χ1v) is 4.84. The van der Waals surface area contributed by atoms with Crippen molar-refractivity contribution in [3.8, 4) is 11.3 Å². The molecule has 2 aromatic heterocycles. The van der Waals surface area contributed by atoms with Crippen molar-refractivity contribution in [1.29, 1.82) is 0 Å². The molecule has 0 fully saturated rings. The number of aromatic nitrogens is 3. The number of nitrogens with two attached hydrogens (primary N) is 1. The van der Waals surface area contributed by atoms with Crippen molar-refractivity contribution in [1.82, 2.24) is 14.6 Å². The number of hydrogen-bond donors (Lipinski definition) is 2. The van der Waals surface area contributed by atoms with Crippen molar-refractivity contribution in [3.05, 3.63) is 36.5 Å². The summed E-state index contributed by atoms with van der Waals surface area (Å²) in [7, 11) is 0. The minimum absolute atomic E-state index is 0.480. The van der Waals surface area contributed by atoms with Gasteiger partial charge in [0.1, 0.15) is 5.82 Å². The van der Waals surface area contributed by atoms with E-state index < -0.39 is 6.09 Å². The lowest BCUT2D eigenvalue weighted by Gasteiger charge is -2.13. The molecule has 0 saturated carbocycles. The maximum atomic E-state index is 10.7. The first-order valence-electron chi connectivity index (χ1n) is 4.84. The fourth-order valence-corrected chi connectivity index (χ4v) is 1.43. The number of nitrogens with zero attached hydrogens (tertiary/aromatic N) is 4. The lowest BCUT2D eigenvalue weighted by atomic mass is 10.2. The topological polar surface area (TPSA) is 97.3 Å². The Morgan fingerprint density at radius 1 is 1.59 bits per heavy atom. The highest BCUT2D eigenvalue weighted by Gasteiger charge is 2.14. The van der Waals surface area contributed by atoms with Gasteiger partial charge in [0.05, 0.1) is 11.9 Å². The number of imidazole rings is 1. The van der Waals surface area contributed by atoms with Gasteiger partial charge < -0.3 is 5.11 Å². The standard InChI is InChI=1S/C10H11N5O2/c1-7-13-9(8-3-2-4-12-5-8)6-14(7)15(11)10(16)17/h2-6H,11H2,1H3,(H,16,17). The minimum atomic E-state index is -1.26. The zero-order valence-electron chi connectivity index (χ0n) is 9.11. The summed E-state index contributed by atoms with van der Waals surface area (Å²) in [5.41, 5.74) is 1.42. The molecule has 0 aliphatic carbocycles. The zero-order chi connectivity index (χ0) is 12.4. The van der Waals surface area contributed by atoms with Crippen LogP contribution in [0, 0.1) is 6.92 Å². The van der Waals surface area contributed by atoms with E-state index in [0.717, 1.165) is 5.56 Å².